The molecule has 2 aromatic rings. The lowest BCUT2D eigenvalue weighted by Crippen LogP contribution is -2.45. The number of aryl methyl sites for hydroxylation is 1. The summed E-state index contributed by atoms with van der Waals surface area (Å²) in [6.45, 7) is 6.00. The molecule has 1 aromatic carbocycles. The van der Waals surface area contributed by atoms with Crippen LogP contribution in [-0.4, -0.2) is 34.5 Å². The smallest absolute Gasteiger partial charge is 0.137 e. The summed E-state index contributed by atoms with van der Waals surface area (Å²) >= 11 is 0. The first-order valence-electron chi connectivity index (χ1n) is 8.03. The second-order valence-corrected chi connectivity index (χ2v) is 6.82. The van der Waals surface area contributed by atoms with Crippen LogP contribution in [-0.2, 0) is 24.1 Å². The Kier molecular flexibility index (Phi) is 3.37. The Morgan fingerprint density at radius 3 is 2.77 bits per heavy atom. The van der Waals surface area contributed by atoms with Crippen molar-refractivity contribution in [2.45, 2.75) is 32.7 Å². The summed E-state index contributed by atoms with van der Waals surface area (Å²) in [7, 11) is 0. The van der Waals surface area contributed by atoms with Crippen molar-refractivity contribution in [1.82, 2.24) is 14.8 Å². The topological polar surface area (TPSA) is 52.0 Å². The van der Waals surface area contributed by atoms with Crippen LogP contribution < -0.4 is 5.32 Å². The van der Waals surface area contributed by atoms with E-state index in [9.17, 15) is 0 Å². The number of anilines is 1. The Morgan fingerprint density at radius 1 is 1.23 bits per heavy atom. The Labute approximate surface area is 130 Å². The van der Waals surface area contributed by atoms with Gasteiger partial charge in [0.1, 0.15) is 11.6 Å². The molecule has 3 heterocycles. The number of hydrogen-bond acceptors (Lipinski definition) is 4. The molecule has 0 unspecified atom stereocenters. The van der Waals surface area contributed by atoms with Gasteiger partial charge in [0.2, 0.25) is 0 Å². The van der Waals surface area contributed by atoms with Gasteiger partial charge in [-0.25, -0.2) is 0 Å². The molecule has 5 nitrogen and oxygen atoms in total. The molecule has 22 heavy (non-hydrogen) atoms. The van der Waals surface area contributed by atoms with E-state index in [-0.39, 0.29) is 0 Å². The summed E-state index contributed by atoms with van der Waals surface area (Å²) in [4.78, 5) is 0. The van der Waals surface area contributed by atoms with Crippen molar-refractivity contribution in [1.29, 1.82) is 0 Å². The van der Waals surface area contributed by atoms with Crippen molar-refractivity contribution in [2.24, 2.45) is 5.41 Å². The zero-order chi connectivity index (χ0) is 15.0. The van der Waals surface area contributed by atoms with Gasteiger partial charge in [-0.3, -0.25) is 0 Å². The fourth-order valence-corrected chi connectivity index (χ4v) is 3.13. The second-order valence-electron chi connectivity index (χ2n) is 6.82. The molecule has 116 valence electrons. The maximum Gasteiger partial charge on any atom is 0.137 e. The van der Waals surface area contributed by atoms with E-state index in [0.29, 0.717) is 5.41 Å². The fraction of sp³-hybridized carbons (Fsp3) is 0.529. The Hall–Kier alpha value is -1.88. The predicted molar refractivity (Wildman–Crippen MR) is 85.0 cm³/mol. The molecule has 1 N–H and O–H groups in total. The van der Waals surface area contributed by atoms with Gasteiger partial charge in [0.05, 0.1) is 13.2 Å². The van der Waals surface area contributed by atoms with Gasteiger partial charge in [-0.05, 0) is 24.1 Å². The van der Waals surface area contributed by atoms with Crippen molar-refractivity contribution in [3.8, 4) is 0 Å². The van der Waals surface area contributed by atoms with E-state index in [4.69, 9.17) is 4.74 Å². The average Bonchev–Trinajstić information content (AvgIpc) is 3.10. The average molecular weight is 298 g/mol. The first-order chi connectivity index (χ1) is 10.7. The molecule has 1 saturated heterocycles. The third-order valence-corrected chi connectivity index (χ3v) is 4.62. The Balaban J connectivity index is 1.39. The van der Waals surface area contributed by atoms with Gasteiger partial charge < -0.3 is 14.6 Å². The molecule has 0 radical (unpaired) electrons. The maximum atomic E-state index is 5.29. The molecule has 1 aromatic heterocycles. The second kappa shape index (κ2) is 5.39. The van der Waals surface area contributed by atoms with Gasteiger partial charge in [-0.2, -0.15) is 0 Å². The maximum absolute atomic E-state index is 5.29. The van der Waals surface area contributed by atoms with Crippen molar-refractivity contribution in [3.63, 3.8) is 0 Å². The zero-order valence-electron chi connectivity index (χ0n) is 13.0. The highest BCUT2D eigenvalue weighted by atomic mass is 16.5. The predicted octanol–water partition coefficient (Wildman–Crippen LogP) is 2.26. The summed E-state index contributed by atoms with van der Waals surface area (Å²) in [6.07, 6.45) is 3.13. The molecular weight excluding hydrogens is 276 g/mol. The minimum Gasteiger partial charge on any atom is -0.384 e. The molecule has 1 fully saturated rings. The lowest BCUT2D eigenvalue weighted by molar-refractivity contribution is -0.0924. The van der Waals surface area contributed by atoms with Crippen molar-refractivity contribution >= 4 is 5.69 Å². The van der Waals surface area contributed by atoms with Gasteiger partial charge in [0.15, 0.2) is 0 Å². The highest BCUT2D eigenvalue weighted by Crippen LogP contribution is 2.27. The third kappa shape index (κ3) is 2.61. The molecule has 0 amide bonds. The normalized spacial score (nSPS) is 18.8. The summed E-state index contributed by atoms with van der Waals surface area (Å²) in [5.41, 5.74) is 2.75. The number of nitrogens with zero attached hydrogens (tertiary/aromatic N) is 3. The number of benzene rings is 1. The number of rotatable bonds is 5. The standard InChI is InChI=1S/C17H22N4O/c1-17(11-22-12-17)10-18-14-6-4-13(5-7-14)9-16-20-19-15-3-2-8-21(15)16/h4-7,18H,2-3,8-12H2,1H3. The quantitative estimate of drug-likeness (QED) is 0.920. The van der Waals surface area contributed by atoms with Crippen LogP contribution in [0.3, 0.4) is 0 Å². The largest absolute Gasteiger partial charge is 0.384 e. The third-order valence-electron chi connectivity index (χ3n) is 4.62. The van der Waals surface area contributed by atoms with E-state index in [1.807, 2.05) is 0 Å². The van der Waals surface area contributed by atoms with Crippen LogP contribution in [0.15, 0.2) is 24.3 Å². The lowest BCUT2D eigenvalue weighted by atomic mass is 9.88. The summed E-state index contributed by atoms with van der Waals surface area (Å²) in [6, 6.07) is 8.66. The van der Waals surface area contributed by atoms with E-state index >= 15 is 0 Å². The molecule has 0 spiro atoms. The van der Waals surface area contributed by atoms with Crippen LogP contribution in [0, 0.1) is 5.41 Å². The van der Waals surface area contributed by atoms with E-state index in [0.717, 1.165) is 50.8 Å². The first kappa shape index (κ1) is 13.8. The van der Waals surface area contributed by atoms with E-state index in [1.54, 1.807) is 0 Å². The lowest BCUT2D eigenvalue weighted by Gasteiger charge is -2.38. The number of fused-ring (bicyclic) bond motifs is 1. The zero-order valence-corrected chi connectivity index (χ0v) is 13.0. The first-order valence-corrected chi connectivity index (χ1v) is 8.03. The van der Waals surface area contributed by atoms with Gasteiger partial charge in [0.25, 0.3) is 0 Å². The van der Waals surface area contributed by atoms with Crippen molar-refractivity contribution < 1.29 is 4.74 Å². The summed E-state index contributed by atoms with van der Waals surface area (Å²) in [5.74, 6) is 2.23. The molecule has 0 atom stereocenters. The van der Waals surface area contributed by atoms with Crippen molar-refractivity contribution in [3.05, 3.63) is 41.5 Å². The number of hydrogen-bond donors (Lipinski definition) is 1. The SMILES string of the molecule is CC1(CNc2ccc(Cc3nnc4n3CCC4)cc2)COC1. The Morgan fingerprint density at radius 2 is 2.05 bits per heavy atom. The fourth-order valence-electron chi connectivity index (χ4n) is 3.13. The summed E-state index contributed by atoms with van der Waals surface area (Å²) in [5, 5.41) is 12.1. The van der Waals surface area contributed by atoms with Crippen LogP contribution in [0.25, 0.3) is 0 Å². The van der Waals surface area contributed by atoms with Crippen LogP contribution in [0.4, 0.5) is 5.69 Å². The van der Waals surface area contributed by atoms with Gasteiger partial charge in [-0.15, -0.1) is 10.2 Å². The Bertz CT molecular complexity index is 658. The molecule has 2 aliphatic heterocycles. The van der Waals surface area contributed by atoms with E-state index in [1.165, 1.54) is 17.7 Å². The van der Waals surface area contributed by atoms with Gasteiger partial charge >= 0.3 is 0 Å². The number of ether oxygens (including phenoxy) is 1. The van der Waals surface area contributed by atoms with E-state index in [2.05, 4.69) is 51.3 Å². The van der Waals surface area contributed by atoms with Crippen LogP contribution in [0.5, 0.6) is 0 Å². The van der Waals surface area contributed by atoms with Crippen LogP contribution >= 0.6 is 0 Å². The van der Waals surface area contributed by atoms with Crippen molar-refractivity contribution in [2.75, 3.05) is 25.1 Å². The van der Waals surface area contributed by atoms with Gasteiger partial charge in [0, 0.05) is 37.0 Å². The molecular formula is C17H22N4O. The molecule has 2 aliphatic rings. The highest BCUT2D eigenvalue weighted by molar-refractivity contribution is 5.45. The molecule has 0 bridgehead atoms. The monoisotopic (exact) mass is 298 g/mol. The molecule has 0 aliphatic carbocycles. The summed E-state index contributed by atoms with van der Waals surface area (Å²) < 4.78 is 7.55. The molecule has 0 saturated carbocycles. The van der Waals surface area contributed by atoms with Crippen LogP contribution in [0.2, 0.25) is 0 Å². The van der Waals surface area contributed by atoms with Gasteiger partial charge in [-0.1, -0.05) is 19.1 Å². The van der Waals surface area contributed by atoms with Crippen LogP contribution in [0.1, 0.15) is 30.6 Å². The minimum absolute atomic E-state index is 0.292. The number of nitrogens with one attached hydrogen (secondary N) is 1. The number of aromatic nitrogens is 3. The highest BCUT2D eigenvalue weighted by Gasteiger charge is 2.32. The van der Waals surface area contributed by atoms with E-state index < -0.39 is 0 Å². The minimum atomic E-state index is 0.292. The molecule has 4 rings (SSSR count). The molecule has 5 heteroatoms.